The molecule has 0 saturated heterocycles. The average molecular weight is 618 g/mol. The molecule has 0 amide bonds. The van der Waals surface area contributed by atoms with Gasteiger partial charge >= 0.3 is 0 Å². The molecule has 7 rings (SSSR count). The van der Waals surface area contributed by atoms with E-state index < -0.39 is 0 Å². The highest BCUT2D eigenvalue weighted by Gasteiger charge is 2.23. The lowest BCUT2D eigenvalue weighted by atomic mass is 10.1. The third-order valence-corrected chi connectivity index (χ3v) is 8.18. The lowest BCUT2D eigenvalue weighted by molar-refractivity contribution is -0.111. The fraction of sp³-hybridized carbons (Fsp3) is 0.0571. The van der Waals surface area contributed by atoms with Gasteiger partial charge in [-0.1, -0.05) is 76.9 Å². The van der Waals surface area contributed by atoms with Gasteiger partial charge in [-0.3, -0.25) is 9.80 Å². The molecule has 0 radical (unpaired) electrons. The maximum Gasteiger partial charge on any atom is 0.185 e. The summed E-state index contributed by atoms with van der Waals surface area (Å²) in [4.78, 5) is 13.3. The molecule has 9 heteroatoms. The van der Waals surface area contributed by atoms with Gasteiger partial charge < -0.3 is 5.43 Å². The minimum absolute atomic E-state index is 0.0952. The number of halogens is 2. The van der Waals surface area contributed by atoms with Gasteiger partial charge in [-0.25, -0.2) is 4.68 Å². The Bertz CT molecular complexity index is 1920. The number of ketones is 1. The van der Waals surface area contributed by atoms with E-state index in [1.165, 1.54) is 0 Å². The van der Waals surface area contributed by atoms with Crippen LogP contribution in [0.2, 0.25) is 10.0 Å². The second-order valence-electron chi connectivity index (χ2n) is 10.5. The first-order valence-corrected chi connectivity index (χ1v) is 14.9. The number of nitrogens with one attached hydrogen (secondary N) is 2. The van der Waals surface area contributed by atoms with E-state index >= 15 is 0 Å². The fourth-order valence-electron chi connectivity index (χ4n) is 5.38. The number of carbonyl (C=O) groups excluding carboxylic acids is 1. The van der Waals surface area contributed by atoms with Crippen LogP contribution in [0.15, 0.2) is 121 Å². The number of rotatable bonds is 6. The van der Waals surface area contributed by atoms with Gasteiger partial charge in [0.1, 0.15) is 0 Å². The predicted molar refractivity (Wildman–Crippen MR) is 177 cm³/mol. The second-order valence-corrected chi connectivity index (χ2v) is 11.4. The van der Waals surface area contributed by atoms with Crippen molar-refractivity contribution in [3.63, 3.8) is 0 Å². The van der Waals surface area contributed by atoms with Gasteiger partial charge in [0.05, 0.1) is 29.0 Å². The number of hydrazine groups is 2. The molecule has 44 heavy (non-hydrogen) atoms. The molecule has 2 heterocycles. The number of hydrogen-bond acceptors (Lipinski definition) is 6. The summed E-state index contributed by atoms with van der Waals surface area (Å²) in [6, 6.07) is 31.4. The monoisotopic (exact) mass is 616 g/mol. The highest BCUT2D eigenvalue weighted by molar-refractivity contribution is 6.30. The third-order valence-electron chi connectivity index (χ3n) is 7.67. The van der Waals surface area contributed by atoms with Gasteiger partial charge in [0.25, 0.3) is 0 Å². The molecule has 0 bridgehead atoms. The smallest absolute Gasteiger partial charge is 0.185 e. The molecule has 1 fully saturated rings. The Kier molecular flexibility index (Phi) is 7.58. The standard InChI is InChI=1S/C35H26Cl2N6O/c36-29-11-7-25(8-12-29)33-21-38-40-42(33)31-15-1-23(2-16-31)19-27-5-6-28(35(27)44)20-24-3-17-32(18-4-24)43-34(22-39-41-43)26-9-13-30(37)14-10-26/h1-4,7-22,38,40H,5-6H2. The molecular weight excluding hydrogens is 591 g/mol. The Hall–Kier alpha value is -4.95. The molecule has 2 N–H and O–H groups in total. The maximum absolute atomic E-state index is 13.3. The van der Waals surface area contributed by atoms with Gasteiger partial charge in [0, 0.05) is 38.5 Å². The molecular formula is C35H26Cl2N6O. The molecule has 5 aromatic rings. The first-order valence-electron chi connectivity index (χ1n) is 14.1. The summed E-state index contributed by atoms with van der Waals surface area (Å²) in [6.45, 7) is 0. The molecule has 0 unspecified atom stereocenters. The molecule has 1 aliphatic heterocycles. The summed E-state index contributed by atoms with van der Waals surface area (Å²) >= 11 is 12.1. The minimum atomic E-state index is 0.0952. The molecule has 216 valence electrons. The van der Waals surface area contributed by atoms with E-state index in [1.54, 1.807) is 10.9 Å². The summed E-state index contributed by atoms with van der Waals surface area (Å²) in [5.74, 6) is 0.0952. The van der Waals surface area contributed by atoms with Gasteiger partial charge in [-0.15, -0.1) is 10.6 Å². The Balaban J connectivity index is 1.04. The quantitative estimate of drug-likeness (QED) is 0.189. The Morgan fingerprint density at radius 3 is 1.82 bits per heavy atom. The number of aromatic nitrogens is 3. The van der Waals surface area contributed by atoms with Gasteiger partial charge in [-0.2, -0.15) is 0 Å². The summed E-state index contributed by atoms with van der Waals surface area (Å²) in [6.07, 6.45) is 9.04. The summed E-state index contributed by atoms with van der Waals surface area (Å²) in [7, 11) is 0. The Morgan fingerprint density at radius 1 is 0.682 bits per heavy atom. The zero-order valence-corrected chi connectivity index (χ0v) is 24.9. The second kappa shape index (κ2) is 12.0. The number of nitrogens with zero attached hydrogens (tertiary/aromatic N) is 4. The van der Waals surface area contributed by atoms with Crippen LogP contribution in [-0.4, -0.2) is 20.8 Å². The number of carbonyl (C=O) groups is 1. The van der Waals surface area contributed by atoms with Crippen molar-refractivity contribution in [2.75, 3.05) is 5.01 Å². The minimum Gasteiger partial charge on any atom is -0.309 e. The number of hydrogen-bond donors (Lipinski definition) is 2. The van der Waals surface area contributed by atoms with Crippen LogP contribution in [0.5, 0.6) is 0 Å². The zero-order valence-electron chi connectivity index (χ0n) is 23.4. The van der Waals surface area contributed by atoms with E-state index in [2.05, 4.69) is 21.3 Å². The average Bonchev–Trinajstić information content (AvgIpc) is 3.81. The Morgan fingerprint density at radius 2 is 1.23 bits per heavy atom. The summed E-state index contributed by atoms with van der Waals surface area (Å²) in [5, 5.41) is 11.7. The van der Waals surface area contributed by atoms with E-state index in [1.807, 2.05) is 120 Å². The van der Waals surface area contributed by atoms with Crippen molar-refractivity contribution in [1.82, 2.24) is 26.0 Å². The number of Topliss-reactive ketones (excluding diaryl/α,β-unsaturated/α-hetero) is 1. The number of benzene rings is 4. The van der Waals surface area contributed by atoms with Crippen molar-refractivity contribution in [3.8, 4) is 16.9 Å². The van der Waals surface area contributed by atoms with Crippen LogP contribution in [0.4, 0.5) is 5.69 Å². The van der Waals surface area contributed by atoms with Crippen molar-refractivity contribution < 1.29 is 4.79 Å². The van der Waals surface area contributed by atoms with E-state index in [9.17, 15) is 4.79 Å². The van der Waals surface area contributed by atoms with E-state index in [0.29, 0.717) is 16.5 Å². The highest BCUT2D eigenvalue weighted by atomic mass is 35.5. The van der Waals surface area contributed by atoms with Crippen LogP contribution in [0, 0.1) is 0 Å². The van der Waals surface area contributed by atoms with Crippen molar-refractivity contribution in [2.24, 2.45) is 0 Å². The van der Waals surface area contributed by atoms with Crippen LogP contribution in [-0.2, 0) is 4.79 Å². The number of anilines is 1. The molecule has 7 nitrogen and oxygen atoms in total. The first kappa shape index (κ1) is 27.9. The van der Waals surface area contributed by atoms with Crippen molar-refractivity contribution in [2.45, 2.75) is 12.8 Å². The van der Waals surface area contributed by atoms with E-state index in [-0.39, 0.29) is 5.78 Å². The van der Waals surface area contributed by atoms with Gasteiger partial charge in [-0.05, 0) is 84.7 Å². The third kappa shape index (κ3) is 5.68. The molecule has 1 aromatic heterocycles. The van der Waals surface area contributed by atoms with Crippen LogP contribution in [0.1, 0.15) is 29.5 Å². The molecule has 4 aromatic carbocycles. The topological polar surface area (TPSA) is 75.1 Å². The van der Waals surface area contributed by atoms with Gasteiger partial charge in [0.15, 0.2) is 5.78 Å². The summed E-state index contributed by atoms with van der Waals surface area (Å²) in [5.41, 5.74) is 15.5. The molecule has 0 spiro atoms. The van der Waals surface area contributed by atoms with Crippen LogP contribution in [0.25, 0.3) is 34.8 Å². The van der Waals surface area contributed by atoms with Crippen molar-refractivity contribution in [1.29, 1.82) is 0 Å². The molecule has 1 aliphatic carbocycles. The number of allylic oxidation sites excluding steroid dienone is 2. The Labute approximate surface area is 264 Å². The molecule has 0 atom stereocenters. The largest absolute Gasteiger partial charge is 0.309 e. The predicted octanol–water partition coefficient (Wildman–Crippen LogP) is 7.90. The van der Waals surface area contributed by atoms with Crippen molar-refractivity contribution >= 4 is 52.5 Å². The van der Waals surface area contributed by atoms with E-state index in [0.717, 1.165) is 62.6 Å². The molecule has 2 aliphatic rings. The van der Waals surface area contributed by atoms with Crippen LogP contribution in [0.3, 0.4) is 0 Å². The maximum atomic E-state index is 13.3. The zero-order chi connectivity index (χ0) is 30.0. The normalized spacial score (nSPS) is 16.5. The highest BCUT2D eigenvalue weighted by Crippen LogP contribution is 2.32. The van der Waals surface area contributed by atoms with E-state index in [4.69, 9.17) is 23.2 Å². The lowest BCUT2D eigenvalue weighted by Gasteiger charge is -2.21. The van der Waals surface area contributed by atoms with Crippen LogP contribution >= 0.6 is 23.2 Å². The SMILES string of the molecule is O=C1C(=Cc2ccc(N3NNC=C3c3ccc(Cl)cc3)cc2)CCC1=Cc1ccc(-n2nncc2-c2ccc(Cl)cc2)cc1. The molecule has 1 saturated carbocycles. The first-order chi connectivity index (χ1) is 21.5. The summed E-state index contributed by atoms with van der Waals surface area (Å²) < 4.78 is 1.79. The van der Waals surface area contributed by atoms with Crippen molar-refractivity contribution in [3.05, 3.63) is 147 Å². The van der Waals surface area contributed by atoms with Crippen LogP contribution < -0.4 is 16.0 Å². The fourth-order valence-corrected chi connectivity index (χ4v) is 5.63. The lowest BCUT2D eigenvalue weighted by Crippen LogP contribution is -2.36. The van der Waals surface area contributed by atoms with Gasteiger partial charge in [0.2, 0.25) is 0 Å².